The summed E-state index contributed by atoms with van der Waals surface area (Å²) in [6.45, 7) is 0.331. The molecule has 1 atom stereocenters. The summed E-state index contributed by atoms with van der Waals surface area (Å²) in [5, 5.41) is 14.0. The smallest absolute Gasteiger partial charge is 0.322 e. The topological polar surface area (TPSA) is 90.7 Å². The summed E-state index contributed by atoms with van der Waals surface area (Å²) >= 11 is 0. The van der Waals surface area contributed by atoms with Crippen molar-refractivity contribution in [3.8, 4) is 5.75 Å². The number of nitro benzene ring substituents is 1. The van der Waals surface area contributed by atoms with Crippen molar-refractivity contribution in [2.45, 2.75) is 50.6 Å². The molecule has 24 heavy (non-hydrogen) atoms. The van der Waals surface area contributed by atoms with Gasteiger partial charge in [-0.05, 0) is 25.0 Å². The molecule has 0 aromatic heterocycles. The molecule has 1 aliphatic carbocycles. The number of non-ortho nitro benzene ring substituents is 1. The van der Waals surface area contributed by atoms with Crippen LogP contribution in [0.2, 0.25) is 0 Å². The standard InChI is InChI=1S/C17H24N2O5/c1-23-17(20)16(18-13-5-3-2-4-6-13)11-12-24-15-9-7-14(8-10-15)19(21)22/h7-10,13,16,18H,2-6,11-12H2,1H3. The van der Waals surface area contributed by atoms with Crippen LogP contribution in [0, 0.1) is 10.1 Å². The Kier molecular flexibility index (Phi) is 6.99. The average molecular weight is 336 g/mol. The number of methoxy groups -OCH3 is 1. The van der Waals surface area contributed by atoms with Crippen LogP contribution in [0.15, 0.2) is 24.3 Å². The summed E-state index contributed by atoms with van der Waals surface area (Å²) in [7, 11) is 1.38. The highest BCUT2D eigenvalue weighted by Crippen LogP contribution is 2.19. The van der Waals surface area contributed by atoms with Gasteiger partial charge in [0.2, 0.25) is 0 Å². The van der Waals surface area contributed by atoms with Gasteiger partial charge in [-0.1, -0.05) is 19.3 Å². The SMILES string of the molecule is COC(=O)C(CCOc1ccc([N+](=O)[O-])cc1)NC1CCCCC1. The predicted molar refractivity (Wildman–Crippen MR) is 89.0 cm³/mol. The van der Waals surface area contributed by atoms with Crippen LogP contribution in [0.25, 0.3) is 0 Å². The number of hydrogen-bond acceptors (Lipinski definition) is 6. The Morgan fingerprint density at radius 3 is 2.54 bits per heavy atom. The highest BCUT2D eigenvalue weighted by Gasteiger charge is 2.24. The van der Waals surface area contributed by atoms with E-state index in [1.165, 1.54) is 38.5 Å². The lowest BCUT2D eigenvalue weighted by Gasteiger charge is -2.27. The zero-order valence-electron chi connectivity index (χ0n) is 13.9. The van der Waals surface area contributed by atoms with Crippen molar-refractivity contribution in [3.05, 3.63) is 34.4 Å². The predicted octanol–water partition coefficient (Wildman–Crippen LogP) is 2.83. The van der Waals surface area contributed by atoms with Crippen molar-refractivity contribution in [2.75, 3.05) is 13.7 Å². The van der Waals surface area contributed by atoms with Gasteiger partial charge in [0.25, 0.3) is 5.69 Å². The van der Waals surface area contributed by atoms with E-state index in [1.54, 1.807) is 12.1 Å². The Hall–Kier alpha value is -2.15. The first-order chi connectivity index (χ1) is 11.6. The molecule has 1 aromatic carbocycles. The number of carbonyl (C=O) groups is 1. The van der Waals surface area contributed by atoms with Gasteiger partial charge < -0.3 is 14.8 Å². The van der Waals surface area contributed by atoms with Gasteiger partial charge in [-0.15, -0.1) is 0 Å². The third-order valence-corrected chi connectivity index (χ3v) is 4.25. The fourth-order valence-electron chi connectivity index (χ4n) is 2.92. The maximum Gasteiger partial charge on any atom is 0.322 e. The number of rotatable bonds is 8. The molecular weight excluding hydrogens is 312 g/mol. The number of nitrogens with one attached hydrogen (secondary N) is 1. The zero-order valence-corrected chi connectivity index (χ0v) is 13.9. The third kappa shape index (κ3) is 5.49. The Morgan fingerprint density at radius 2 is 1.96 bits per heavy atom. The second-order valence-electron chi connectivity index (χ2n) is 5.97. The van der Waals surface area contributed by atoms with E-state index in [-0.39, 0.29) is 11.7 Å². The molecule has 7 nitrogen and oxygen atoms in total. The van der Waals surface area contributed by atoms with E-state index in [4.69, 9.17) is 9.47 Å². The van der Waals surface area contributed by atoms with Crippen LogP contribution in [0.5, 0.6) is 5.75 Å². The summed E-state index contributed by atoms with van der Waals surface area (Å²) in [5.74, 6) is 0.259. The minimum atomic E-state index is -0.453. The van der Waals surface area contributed by atoms with E-state index in [9.17, 15) is 14.9 Å². The maximum absolute atomic E-state index is 11.9. The van der Waals surface area contributed by atoms with E-state index in [2.05, 4.69) is 5.32 Å². The Labute approximate surface area is 141 Å². The van der Waals surface area contributed by atoms with Crippen molar-refractivity contribution in [1.29, 1.82) is 0 Å². The maximum atomic E-state index is 11.9. The molecule has 7 heteroatoms. The van der Waals surface area contributed by atoms with Crippen molar-refractivity contribution in [1.82, 2.24) is 5.32 Å². The summed E-state index contributed by atoms with van der Waals surface area (Å²) in [6, 6.07) is 5.86. The molecule has 1 unspecified atom stereocenters. The van der Waals surface area contributed by atoms with Gasteiger partial charge >= 0.3 is 5.97 Å². The van der Waals surface area contributed by atoms with Crippen LogP contribution >= 0.6 is 0 Å². The van der Waals surface area contributed by atoms with Crippen LogP contribution < -0.4 is 10.1 Å². The molecule has 0 aliphatic heterocycles. The van der Waals surface area contributed by atoms with Gasteiger partial charge in [-0.2, -0.15) is 0 Å². The molecule has 2 rings (SSSR count). The monoisotopic (exact) mass is 336 g/mol. The Bertz CT molecular complexity index is 540. The van der Waals surface area contributed by atoms with E-state index >= 15 is 0 Å². The zero-order chi connectivity index (χ0) is 17.4. The number of nitrogens with zero attached hydrogens (tertiary/aromatic N) is 1. The molecule has 0 saturated heterocycles. The molecule has 0 amide bonds. The second kappa shape index (κ2) is 9.22. The molecular formula is C17H24N2O5. The summed E-state index contributed by atoms with van der Waals surface area (Å²) in [5.41, 5.74) is 0.0220. The van der Waals surface area contributed by atoms with Crippen molar-refractivity contribution >= 4 is 11.7 Å². The molecule has 0 heterocycles. The van der Waals surface area contributed by atoms with Crippen molar-refractivity contribution in [3.63, 3.8) is 0 Å². The quantitative estimate of drug-likeness (QED) is 0.446. The molecule has 1 fully saturated rings. The number of benzene rings is 1. The third-order valence-electron chi connectivity index (χ3n) is 4.25. The molecule has 0 bridgehead atoms. The highest BCUT2D eigenvalue weighted by molar-refractivity contribution is 5.75. The molecule has 1 aliphatic rings. The summed E-state index contributed by atoms with van der Waals surface area (Å²) in [6.07, 6.45) is 6.27. The molecule has 0 radical (unpaired) electrons. The number of hydrogen-bond donors (Lipinski definition) is 1. The van der Waals surface area contributed by atoms with E-state index in [1.807, 2.05) is 0 Å². The first kappa shape index (κ1) is 18.2. The van der Waals surface area contributed by atoms with E-state index in [0.29, 0.717) is 24.8 Å². The van der Waals surface area contributed by atoms with Crippen molar-refractivity contribution < 1.29 is 19.2 Å². The van der Waals surface area contributed by atoms with Crippen molar-refractivity contribution in [2.24, 2.45) is 0 Å². The Morgan fingerprint density at radius 1 is 1.29 bits per heavy atom. The Balaban J connectivity index is 1.83. The van der Waals surface area contributed by atoms with Gasteiger partial charge in [-0.3, -0.25) is 14.9 Å². The lowest BCUT2D eigenvalue weighted by atomic mass is 9.94. The molecule has 1 N–H and O–H groups in total. The van der Waals surface area contributed by atoms with Gasteiger partial charge in [0.15, 0.2) is 0 Å². The normalized spacial score (nSPS) is 16.4. The van der Waals surface area contributed by atoms with Gasteiger partial charge in [0, 0.05) is 24.6 Å². The van der Waals surface area contributed by atoms with Gasteiger partial charge in [0.1, 0.15) is 11.8 Å². The molecule has 0 spiro atoms. The summed E-state index contributed by atoms with van der Waals surface area (Å²) < 4.78 is 10.5. The van der Waals surface area contributed by atoms with E-state index < -0.39 is 11.0 Å². The minimum absolute atomic E-state index is 0.0220. The van der Waals surface area contributed by atoms with Crippen LogP contribution in [0.3, 0.4) is 0 Å². The van der Waals surface area contributed by atoms with Gasteiger partial charge in [0.05, 0.1) is 18.6 Å². The fraction of sp³-hybridized carbons (Fsp3) is 0.588. The lowest BCUT2D eigenvalue weighted by Crippen LogP contribution is -2.45. The lowest BCUT2D eigenvalue weighted by molar-refractivity contribution is -0.384. The van der Waals surface area contributed by atoms with Crippen LogP contribution in [-0.4, -0.2) is 36.7 Å². The number of esters is 1. The fourth-order valence-corrected chi connectivity index (χ4v) is 2.92. The number of nitro groups is 1. The minimum Gasteiger partial charge on any atom is -0.494 e. The van der Waals surface area contributed by atoms with Crippen LogP contribution in [0.4, 0.5) is 5.69 Å². The summed E-state index contributed by atoms with van der Waals surface area (Å²) in [4.78, 5) is 22.1. The highest BCUT2D eigenvalue weighted by atomic mass is 16.6. The second-order valence-corrected chi connectivity index (χ2v) is 5.97. The average Bonchev–Trinajstić information content (AvgIpc) is 2.61. The number of ether oxygens (including phenoxy) is 2. The molecule has 1 aromatic rings. The van der Waals surface area contributed by atoms with Gasteiger partial charge in [-0.25, -0.2) is 0 Å². The van der Waals surface area contributed by atoms with E-state index in [0.717, 1.165) is 12.8 Å². The van der Waals surface area contributed by atoms with Crippen LogP contribution in [0.1, 0.15) is 38.5 Å². The van der Waals surface area contributed by atoms with Crippen LogP contribution in [-0.2, 0) is 9.53 Å². The molecule has 132 valence electrons. The first-order valence-corrected chi connectivity index (χ1v) is 8.31. The first-order valence-electron chi connectivity index (χ1n) is 8.31. The number of carbonyl (C=O) groups excluding carboxylic acids is 1. The molecule has 1 saturated carbocycles. The largest absolute Gasteiger partial charge is 0.494 e.